The molecule has 0 spiro atoms. The Bertz CT molecular complexity index is 1130. The van der Waals surface area contributed by atoms with Crippen molar-refractivity contribution in [2.75, 3.05) is 26.2 Å². The van der Waals surface area contributed by atoms with Gasteiger partial charge in [0.2, 0.25) is 5.88 Å². The van der Waals surface area contributed by atoms with E-state index in [1.807, 2.05) is 40.8 Å². The SMILES string of the molecule is Cc1cc(OCCN2CCCCC2)cc(C)c1-c1cccc(OCc2ccc(CCC(=O)I)cc2)n1. The van der Waals surface area contributed by atoms with Crippen molar-refractivity contribution in [2.24, 2.45) is 0 Å². The van der Waals surface area contributed by atoms with Crippen LogP contribution in [0.5, 0.6) is 11.6 Å². The van der Waals surface area contributed by atoms with Gasteiger partial charge in [-0.25, -0.2) is 4.98 Å². The van der Waals surface area contributed by atoms with Gasteiger partial charge in [-0.2, -0.15) is 0 Å². The number of ether oxygens (including phenoxy) is 2. The van der Waals surface area contributed by atoms with E-state index in [2.05, 4.69) is 55.1 Å². The van der Waals surface area contributed by atoms with E-state index in [0.29, 0.717) is 18.9 Å². The summed E-state index contributed by atoms with van der Waals surface area (Å²) in [6.07, 6.45) is 5.30. The highest BCUT2D eigenvalue weighted by Gasteiger charge is 2.13. The minimum Gasteiger partial charge on any atom is -0.492 e. The zero-order valence-electron chi connectivity index (χ0n) is 21.3. The lowest BCUT2D eigenvalue weighted by Crippen LogP contribution is -2.33. The van der Waals surface area contributed by atoms with Gasteiger partial charge in [0.25, 0.3) is 0 Å². The van der Waals surface area contributed by atoms with E-state index in [0.717, 1.165) is 58.8 Å². The standard InChI is InChI=1S/C30H35IN2O3/c1-22-19-26(35-18-17-33-15-4-3-5-16-33)20-23(2)30(22)27-7-6-8-29(32-27)36-21-25-11-9-24(10-12-25)13-14-28(31)34/h6-12,19-20H,3-5,13-18,21H2,1-2H3. The molecule has 2 aromatic carbocycles. The number of halogens is 1. The molecule has 0 unspecified atom stereocenters. The van der Waals surface area contributed by atoms with Crippen LogP contribution in [-0.2, 0) is 17.8 Å². The Kier molecular flexibility index (Phi) is 9.75. The summed E-state index contributed by atoms with van der Waals surface area (Å²) in [6, 6.07) is 18.4. The van der Waals surface area contributed by atoms with Crippen LogP contribution in [0, 0.1) is 13.8 Å². The van der Waals surface area contributed by atoms with Crippen LogP contribution in [0.25, 0.3) is 11.3 Å². The third kappa shape index (κ3) is 7.77. The molecule has 1 aliphatic heterocycles. The fourth-order valence-corrected chi connectivity index (χ4v) is 4.99. The quantitative estimate of drug-likeness (QED) is 0.182. The van der Waals surface area contributed by atoms with Crippen molar-refractivity contribution >= 4 is 26.4 Å². The van der Waals surface area contributed by atoms with E-state index < -0.39 is 0 Å². The summed E-state index contributed by atoms with van der Waals surface area (Å²) in [7, 11) is 0. The number of rotatable bonds is 11. The van der Waals surface area contributed by atoms with E-state index in [4.69, 9.17) is 14.5 Å². The van der Waals surface area contributed by atoms with Crippen LogP contribution < -0.4 is 9.47 Å². The number of hydrogen-bond donors (Lipinski definition) is 0. The largest absolute Gasteiger partial charge is 0.492 e. The fraction of sp³-hybridized carbons (Fsp3) is 0.400. The molecule has 1 aromatic heterocycles. The van der Waals surface area contributed by atoms with Crippen LogP contribution in [0.1, 0.15) is 47.9 Å². The fourth-order valence-electron chi connectivity index (χ4n) is 4.72. The summed E-state index contributed by atoms with van der Waals surface area (Å²) in [4.78, 5) is 18.5. The van der Waals surface area contributed by atoms with Crippen molar-refractivity contribution in [1.82, 2.24) is 9.88 Å². The van der Waals surface area contributed by atoms with Crippen LogP contribution in [0.2, 0.25) is 0 Å². The number of pyridine rings is 1. The predicted octanol–water partition coefficient (Wildman–Crippen LogP) is 6.70. The van der Waals surface area contributed by atoms with Gasteiger partial charge in [-0.05, 0) is 109 Å². The average molecular weight is 599 g/mol. The summed E-state index contributed by atoms with van der Waals surface area (Å²) in [6.45, 7) is 8.76. The number of likely N-dealkylation sites (tertiary alicyclic amines) is 1. The second kappa shape index (κ2) is 13.2. The van der Waals surface area contributed by atoms with Gasteiger partial charge in [0.15, 0.2) is 3.79 Å². The van der Waals surface area contributed by atoms with E-state index >= 15 is 0 Å². The van der Waals surface area contributed by atoms with E-state index in [-0.39, 0.29) is 3.79 Å². The smallest absolute Gasteiger partial charge is 0.214 e. The van der Waals surface area contributed by atoms with Gasteiger partial charge in [0, 0.05) is 24.6 Å². The van der Waals surface area contributed by atoms with Crippen molar-refractivity contribution in [3.63, 3.8) is 0 Å². The first-order chi connectivity index (χ1) is 17.5. The van der Waals surface area contributed by atoms with E-state index in [9.17, 15) is 4.79 Å². The normalized spacial score (nSPS) is 14.0. The lowest BCUT2D eigenvalue weighted by Gasteiger charge is -2.26. The molecule has 0 bridgehead atoms. The molecule has 0 aliphatic carbocycles. The second-order valence-electron chi connectivity index (χ2n) is 9.50. The Morgan fingerprint density at radius 3 is 2.33 bits per heavy atom. The number of carbonyl (C=O) groups is 1. The number of hydrogen-bond acceptors (Lipinski definition) is 5. The zero-order valence-corrected chi connectivity index (χ0v) is 23.4. The maximum absolute atomic E-state index is 11.2. The Labute approximate surface area is 228 Å². The first-order valence-electron chi connectivity index (χ1n) is 12.8. The van der Waals surface area contributed by atoms with Crippen molar-refractivity contribution in [3.05, 3.63) is 76.9 Å². The zero-order chi connectivity index (χ0) is 25.3. The number of aromatic nitrogens is 1. The van der Waals surface area contributed by atoms with Crippen LogP contribution >= 0.6 is 22.6 Å². The van der Waals surface area contributed by atoms with E-state index in [1.165, 1.54) is 32.4 Å². The van der Waals surface area contributed by atoms with Crippen LogP contribution in [-0.4, -0.2) is 39.9 Å². The topological polar surface area (TPSA) is 51.7 Å². The lowest BCUT2D eigenvalue weighted by atomic mass is 9.99. The average Bonchev–Trinajstić information content (AvgIpc) is 2.87. The van der Waals surface area contributed by atoms with Gasteiger partial charge in [-0.3, -0.25) is 9.69 Å². The number of piperidine rings is 1. The molecular formula is C30H35IN2O3. The molecule has 2 heterocycles. The number of carbonyl (C=O) groups excluding carboxylic acids is 1. The Hall–Kier alpha value is -2.45. The van der Waals surface area contributed by atoms with Crippen molar-refractivity contribution < 1.29 is 14.3 Å². The van der Waals surface area contributed by atoms with Gasteiger partial charge in [-0.15, -0.1) is 0 Å². The first kappa shape index (κ1) is 26.6. The van der Waals surface area contributed by atoms with Gasteiger partial charge >= 0.3 is 0 Å². The summed E-state index contributed by atoms with van der Waals surface area (Å²) in [5, 5.41) is 0. The highest BCUT2D eigenvalue weighted by atomic mass is 127. The van der Waals surface area contributed by atoms with Crippen molar-refractivity contribution in [2.45, 2.75) is 52.6 Å². The molecule has 0 N–H and O–H groups in total. The minimum absolute atomic E-state index is 0.187. The molecule has 4 rings (SSSR count). The summed E-state index contributed by atoms with van der Waals surface area (Å²) >= 11 is 1.85. The molecule has 190 valence electrons. The Balaban J connectivity index is 1.36. The molecule has 0 radical (unpaired) electrons. The number of nitrogens with zero attached hydrogens (tertiary/aromatic N) is 2. The van der Waals surface area contributed by atoms with Crippen LogP contribution in [0.15, 0.2) is 54.6 Å². The molecule has 1 saturated heterocycles. The maximum Gasteiger partial charge on any atom is 0.214 e. The molecule has 0 saturated carbocycles. The van der Waals surface area contributed by atoms with Crippen molar-refractivity contribution in [1.29, 1.82) is 0 Å². The van der Waals surface area contributed by atoms with Gasteiger partial charge < -0.3 is 9.47 Å². The monoisotopic (exact) mass is 598 g/mol. The van der Waals surface area contributed by atoms with Gasteiger partial charge in [0.1, 0.15) is 19.0 Å². The molecule has 36 heavy (non-hydrogen) atoms. The highest BCUT2D eigenvalue weighted by molar-refractivity contribution is 14.1. The van der Waals surface area contributed by atoms with Gasteiger partial charge in [0.05, 0.1) is 5.69 Å². The molecule has 3 aromatic rings. The first-order valence-corrected chi connectivity index (χ1v) is 13.9. The molecule has 6 heteroatoms. The highest BCUT2D eigenvalue weighted by Crippen LogP contribution is 2.31. The van der Waals surface area contributed by atoms with Crippen LogP contribution in [0.4, 0.5) is 0 Å². The molecular weight excluding hydrogens is 563 g/mol. The number of benzene rings is 2. The Morgan fingerprint density at radius 1 is 0.944 bits per heavy atom. The Morgan fingerprint density at radius 2 is 1.64 bits per heavy atom. The van der Waals surface area contributed by atoms with Gasteiger partial charge in [-0.1, -0.05) is 36.8 Å². The van der Waals surface area contributed by atoms with E-state index in [1.54, 1.807) is 0 Å². The van der Waals surface area contributed by atoms with Crippen molar-refractivity contribution in [3.8, 4) is 22.9 Å². The van der Waals surface area contributed by atoms with Crippen LogP contribution in [0.3, 0.4) is 0 Å². The molecule has 0 amide bonds. The molecule has 0 atom stereocenters. The third-order valence-corrected chi connectivity index (χ3v) is 7.17. The maximum atomic E-state index is 11.2. The molecule has 5 nitrogen and oxygen atoms in total. The number of aryl methyl sites for hydroxylation is 3. The predicted molar refractivity (Wildman–Crippen MR) is 153 cm³/mol. The minimum atomic E-state index is 0.187. The summed E-state index contributed by atoms with van der Waals surface area (Å²) in [5.41, 5.74) is 6.56. The third-order valence-electron chi connectivity index (χ3n) is 6.63. The molecule has 1 aliphatic rings. The summed E-state index contributed by atoms with van der Waals surface area (Å²) < 4.78 is 12.3. The molecule has 1 fully saturated rings. The lowest BCUT2D eigenvalue weighted by molar-refractivity contribution is -0.109. The summed E-state index contributed by atoms with van der Waals surface area (Å²) in [5.74, 6) is 1.53. The second-order valence-corrected chi connectivity index (χ2v) is 10.7.